The Hall–Kier alpha value is -1.76. The maximum atomic E-state index is 11.3. The molecule has 2 N–H and O–H groups in total. The third-order valence-corrected chi connectivity index (χ3v) is 1.73. The first kappa shape index (κ1) is 11.3. The van der Waals surface area contributed by atoms with Gasteiger partial charge in [-0.2, -0.15) is 0 Å². The molecule has 0 fully saturated rings. The van der Waals surface area contributed by atoms with Gasteiger partial charge in [-0.3, -0.25) is 9.52 Å². The molecule has 0 aromatic carbocycles. The van der Waals surface area contributed by atoms with Crippen molar-refractivity contribution in [3.8, 4) is 0 Å². The van der Waals surface area contributed by atoms with Crippen LogP contribution in [0.5, 0.6) is 0 Å². The number of hydrogen-bond donors (Lipinski definition) is 3. The third-order valence-electron chi connectivity index (χ3n) is 1.52. The van der Waals surface area contributed by atoms with Gasteiger partial charge in [-0.25, -0.2) is 9.59 Å². The number of amides is 2. The molecule has 1 heterocycles. The second kappa shape index (κ2) is 4.65. The molecular weight excluding hydrogens is 220 g/mol. The van der Waals surface area contributed by atoms with E-state index in [0.29, 0.717) is 0 Å². The number of cyclic esters (lactones) is 1. The first-order valence-electron chi connectivity index (χ1n) is 3.90. The zero-order valence-corrected chi connectivity index (χ0v) is 8.63. The summed E-state index contributed by atoms with van der Waals surface area (Å²) in [6.07, 6.45) is 2.13. The predicted octanol–water partition coefficient (Wildman–Crippen LogP) is 0.0440. The van der Waals surface area contributed by atoms with Crippen molar-refractivity contribution < 1.29 is 19.1 Å². The molecule has 0 spiro atoms. The first-order valence-corrected chi connectivity index (χ1v) is 4.35. The van der Waals surface area contributed by atoms with Gasteiger partial charge in [-0.15, -0.1) is 0 Å². The van der Waals surface area contributed by atoms with Crippen LogP contribution in [-0.4, -0.2) is 17.8 Å². The smallest absolute Gasteiger partial charge is 0.348 e. The Morgan fingerprint density at radius 1 is 1.53 bits per heavy atom. The van der Waals surface area contributed by atoms with Gasteiger partial charge in [0.05, 0.1) is 0 Å². The van der Waals surface area contributed by atoms with Crippen molar-refractivity contribution in [2.75, 3.05) is 0 Å². The average Bonchev–Trinajstić information content (AvgIpc) is 2.15. The largest absolute Gasteiger partial charge is 0.427 e. The third kappa shape index (κ3) is 2.84. The summed E-state index contributed by atoms with van der Waals surface area (Å²) in [7, 11) is 0. The van der Waals surface area contributed by atoms with E-state index >= 15 is 0 Å². The normalized spacial score (nSPS) is 18.3. The summed E-state index contributed by atoms with van der Waals surface area (Å²) in [4.78, 5) is 33.2. The van der Waals surface area contributed by atoms with Gasteiger partial charge in [0.15, 0.2) is 5.78 Å². The van der Waals surface area contributed by atoms with Crippen molar-refractivity contribution in [3.05, 3.63) is 23.6 Å². The number of allylic oxidation sites excluding steroid dienone is 2. The molecule has 7 heteroatoms. The lowest BCUT2D eigenvalue weighted by Crippen LogP contribution is -2.28. The molecule has 0 atom stereocenters. The van der Waals surface area contributed by atoms with Crippen LogP contribution in [0.25, 0.3) is 0 Å². The minimum absolute atomic E-state index is 0.223. The van der Waals surface area contributed by atoms with E-state index in [0.717, 1.165) is 12.3 Å². The number of ketones is 1. The van der Waals surface area contributed by atoms with E-state index in [1.165, 1.54) is 6.92 Å². The van der Waals surface area contributed by atoms with Gasteiger partial charge in [-0.1, -0.05) is 12.8 Å². The zero-order valence-electron chi connectivity index (χ0n) is 7.73. The number of rotatable bonds is 1. The number of ether oxygens (including phenoxy) is 1. The van der Waals surface area contributed by atoms with Gasteiger partial charge in [0.1, 0.15) is 11.3 Å². The highest BCUT2D eigenvalue weighted by atomic mass is 32.1. The molecule has 0 bridgehead atoms. The van der Waals surface area contributed by atoms with Crippen LogP contribution in [0.15, 0.2) is 23.6 Å². The van der Waals surface area contributed by atoms with E-state index in [2.05, 4.69) is 22.9 Å². The molecule has 6 nitrogen and oxygen atoms in total. The highest BCUT2D eigenvalue weighted by Crippen LogP contribution is 2.12. The zero-order chi connectivity index (χ0) is 11.4. The lowest BCUT2D eigenvalue weighted by atomic mass is 10.1. The molecule has 15 heavy (non-hydrogen) atoms. The Morgan fingerprint density at radius 3 is 2.73 bits per heavy atom. The Balaban J connectivity index is 2.82. The van der Waals surface area contributed by atoms with Crippen molar-refractivity contribution in [1.82, 2.24) is 10.0 Å². The summed E-state index contributed by atoms with van der Waals surface area (Å²) in [5.74, 6) is -1.08. The molecule has 1 aliphatic heterocycles. The maximum absolute atomic E-state index is 11.3. The molecule has 0 aromatic rings. The van der Waals surface area contributed by atoms with Crippen molar-refractivity contribution in [1.29, 1.82) is 0 Å². The molecule has 2 amide bonds. The fourth-order valence-electron chi connectivity index (χ4n) is 0.894. The number of urea groups is 1. The molecule has 80 valence electrons. The first-order chi connectivity index (χ1) is 7.04. The van der Waals surface area contributed by atoms with Crippen molar-refractivity contribution in [3.63, 3.8) is 0 Å². The second-order valence-corrected chi connectivity index (χ2v) is 2.88. The van der Waals surface area contributed by atoms with Crippen LogP contribution in [0.2, 0.25) is 0 Å². The lowest BCUT2D eigenvalue weighted by molar-refractivity contribution is -0.137. The Morgan fingerprint density at radius 2 is 2.20 bits per heavy atom. The van der Waals surface area contributed by atoms with Crippen LogP contribution in [0.3, 0.4) is 0 Å². The molecular formula is C8H8N2O4S. The number of thiol groups is 1. The highest BCUT2D eigenvalue weighted by molar-refractivity contribution is 7.78. The van der Waals surface area contributed by atoms with Crippen LogP contribution < -0.4 is 10.0 Å². The van der Waals surface area contributed by atoms with Crippen molar-refractivity contribution in [2.24, 2.45) is 0 Å². The van der Waals surface area contributed by atoms with Crippen LogP contribution in [0.1, 0.15) is 6.92 Å². The van der Waals surface area contributed by atoms with Crippen molar-refractivity contribution in [2.45, 2.75) is 6.92 Å². The maximum Gasteiger partial charge on any atom is 0.348 e. The number of hydrogen-bond acceptors (Lipinski definition) is 5. The standard InChI is InChI=1S/C8H8N2O4S/c1-4-2-6(11)5(7(12)14-4)3-9-8(13)10-15/h2-3,15H,1H3,(H2,9,10,13). The minimum Gasteiger partial charge on any atom is -0.427 e. The molecule has 0 radical (unpaired) electrons. The fourth-order valence-corrected chi connectivity index (χ4v) is 0.958. The predicted molar refractivity (Wildman–Crippen MR) is 53.6 cm³/mol. The van der Waals surface area contributed by atoms with E-state index in [1.807, 2.05) is 4.72 Å². The molecule has 0 saturated carbocycles. The lowest BCUT2D eigenvalue weighted by Gasteiger charge is -2.11. The molecule has 0 saturated heterocycles. The van der Waals surface area contributed by atoms with Crippen LogP contribution in [0.4, 0.5) is 4.79 Å². The van der Waals surface area contributed by atoms with Gasteiger partial charge in [0.25, 0.3) is 0 Å². The molecule has 0 aromatic heterocycles. The SMILES string of the molecule is CC1=CC(=O)C(=CNC(=O)NS)C(=O)O1. The highest BCUT2D eigenvalue weighted by Gasteiger charge is 2.24. The Labute approximate surface area is 90.9 Å². The molecule has 0 aliphatic carbocycles. The number of carbonyl (C=O) groups excluding carboxylic acids is 3. The summed E-state index contributed by atoms with van der Waals surface area (Å²) in [6, 6.07) is -0.655. The summed E-state index contributed by atoms with van der Waals surface area (Å²) in [6.45, 7) is 1.49. The topological polar surface area (TPSA) is 84.5 Å². The monoisotopic (exact) mass is 228 g/mol. The van der Waals surface area contributed by atoms with E-state index in [9.17, 15) is 14.4 Å². The Bertz CT molecular complexity index is 386. The molecule has 0 unspecified atom stereocenters. The molecule has 1 rings (SSSR count). The van der Waals surface area contributed by atoms with E-state index in [1.54, 1.807) is 0 Å². The second-order valence-electron chi connectivity index (χ2n) is 2.65. The van der Waals surface area contributed by atoms with Crippen LogP contribution >= 0.6 is 12.8 Å². The van der Waals surface area contributed by atoms with E-state index < -0.39 is 17.8 Å². The van der Waals surface area contributed by atoms with Gasteiger partial charge >= 0.3 is 12.0 Å². The number of carbonyl (C=O) groups is 3. The summed E-state index contributed by atoms with van der Waals surface area (Å²) in [5, 5.41) is 2.14. The van der Waals surface area contributed by atoms with Gasteiger partial charge < -0.3 is 10.1 Å². The summed E-state index contributed by atoms with van der Waals surface area (Å²) < 4.78 is 6.64. The summed E-state index contributed by atoms with van der Waals surface area (Å²) >= 11 is 3.47. The summed E-state index contributed by atoms with van der Waals surface area (Å²) in [5.41, 5.74) is -0.238. The minimum atomic E-state index is -0.792. The number of esters is 1. The quantitative estimate of drug-likeness (QED) is 0.256. The van der Waals surface area contributed by atoms with Gasteiger partial charge in [0.2, 0.25) is 0 Å². The van der Waals surface area contributed by atoms with Gasteiger partial charge in [-0.05, 0) is 6.92 Å². The average molecular weight is 228 g/mol. The number of nitrogens with one attached hydrogen (secondary N) is 2. The van der Waals surface area contributed by atoms with Crippen LogP contribution in [0, 0.1) is 0 Å². The molecule has 1 aliphatic rings. The van der Waals surface area contributed by atoms with E-state index in [4.69, 9.17) is 0 Å². The van der Waals surface area contributed by atoms with Crippen LogP contribution in [-0.2, 0) is 14.3 Å². The van der Waals surface area contributed by atoms with Crippen molar-refractivity contribution >= 4 is 30.6 Å². The van der Waals surface area contributed by atoms with E-state index in [-0.39, 0.29) is 11.3 Å². The van der Waals surface area contributed by atoms with Gasteiger partial charge in [0, 0.05) is 12.3 Å². The fraction of sp³-hybridized carbons (Fsp3) is 0.125. The Kier molecular flexibility index (Phi) is 3.51.